The summed E-state index contributed by atoms with van der Waals surface area (Å²) in [5, 5.41) is 4.12. The van der Waals surface area contributed by atoms with E-state index in [1.807, 2.05) is 12.1 Å². The lowest BCUT2D eigenvalue weighted by Gasteiger charge is -2.25. The molecule has 1 saturated heterocycles. The molecule has 3 rings (SSSR count). The number of benzene rings is 1. The van der Waals surface area contributed by atoms with Gasteiger partial charge in [-0.2, -0.15) is 0 Å². The van der Waals surface area contributed by atoms with Gasteiger partial charge in [0, 0.05) is 35.7 Å². The van der Waals surface area contributed by atoms with Gasteiger partial charge in [0.25, 0.3) is 0 Å². The second-order valence-electron chi connectivity index (χ2n) is 5.23. The van der Waals surface area contributed by atoms with Crippen LogP contribution in [0.3, 0.4) is 0 Å². The normalized spacial score (nSPS) is 18.6. The molecule has 0 aliphatic carbocycles. The van der Waals surface area contributed by atoms with Crippen LogP contribution in [0.4, 0.5) is 0 Å². The number of hydrogen-bond acceptors (Lipinski definition) is 6. The summed E-state index contributed by atoms with van der Waals surface area (Å²) in [5.41, 5.74) is 2.03. The van der Waals surface area contributed by atoms with Crippen molar-refractivity contribution in [2.24, 2.45) is 0 Å². The van der Waals surface area contributed by atoms with Gasteiger partial charge in [-0.25, -0.2) is 0 Å². The van der Waals surface area contributed by atoms with Gasteiger partial charge in [-0.15, -0.1) is 5.10 Å². The summed E-state index contributed by atoms with van der Waals surface area (Å²) < 4.78 is 15.4. The van der Waals surface area contributed by atoms with Crippen molar-refractivity contribution in [1.29, 1.82) is 0 Å². The summed E-state index contributed by atoms with van der Waals surface area (Å²) in [4.78, 5) is 2.38. The molecule has 1 aromatic heterocycles. The Bertz CT molecular complexity index is 649. The highest BCUT2D eigenvalue weighted by Crippen LogP contribution is 2.39. The molecule has 1 atom stereocenters. The molecule has 2 heterocycles. The van der Waals surface area contributed by atoms with Gasteiger partial charge in [-0.1, -0.05) is 22.2 Å². The van der Waals surface area contributed by atoms with Crippen LogP contribution in [-0.2, 0) is 6.54 Å². The molecule has 1 aromatic carbocycles. The minimum Gasteiger partial charge on any atom is -0.497 e. The minimum atomic E-state index is 0.304. The Morgan fingerprint density at radius 3 is 2.91 bits per heavy atom. The molecule has 118 valence electrons. The Balaban J connectivity index is 1.85. The average Bonchev–Trinajstić information content (AvgIpc) is 3.16. The van der Waals surface area contributed by atoms with Crippen LogP contribution >= 0.6 is 23.1 Å². The minimum absolute atomic E-state index is 0.304. The lowest BCUT2D eigenvalue weighted by molar-refractivity contribution is 0.240. The third kappa shape index (κ3) is 3.04. The molecule has 0 radical (unpaired) electrons. The fraction of sp³-hybridized carbons (Fsp3) is 0.467. The van der Waals surface area contributed by atoms with Gasteiger partial charge in [0.1, 0.15) is 21.5 Å². The quantitative estimate of drug-likeness (QED) is 0.833. The fourth-order valence-electron chi connectivity index (χ4n) is 2.94. The number of hydrogen-bond donors (Lipinski definition) is 0. The predicted molar refractivity (Wildman–Crippen MR) is 86.9 cm³/mol. The van der Waals surface area contributed by atoms with Crippen LogP contribution in [-0.4, -0.2) is 35.3 Å². The second-order valence-corrected chi connectivity index (χ2v) is 6.59. The van der Waals surface area contributed by atoms with Crippen molar-refractivity contribution in [3.8, 4) is 11.5 Å². The zero-order valence-electron chi connectivity index (χ0n) is 12.6. The van der Waals surface area contributed by atoms with E-state index in [0.717, 1.165) is 43.1 Å². The van der Waals surface area contributed by atoms with Crippen LogP contribution in [0.1, 0.15) is 30.1 Å². The van der Waals surface area contributed by atoms with Gasteiger partial charge in [-0.05, 0) is 25.5 Å². The first kappa shape index (κ1) is 15.5. The number of likely N-dealkylation sites (tertiary alicyclic amines) is 1. The maximum absolute atomic E-state index is 6.14. The molecule has 0 saturated carbocycles. The van der Waals surface area contributed by atoms with Crippen molar-refractivity contribution >= 4 is 23.1 Å². The first-order chi connectivity index (χ1) is 10.7. The summed E-state index contributed by atoms with van der Waals surface area (Å²) in [5.74, 6) is 1.66. The maximum atomic E-state index is 6.14. The molecule has 5 nitrogen and oxygen atoms in total. The lowest BCUT2D eigenvalue weighted by Crippen LogP contribution is -2.23. The SMILES string of the molecule is COc1ccc(C2CCCN2Cc2nnsc2Cl)c(OC)c1. The van der Waals surface area contributed by atoms with Crippen LogP contribution in [0.15, 0.2) is 18.2 Å². The Morgan fingerprint density at radius 1 is 1.36 bits per heavy atom. The number of ether oxygens (including phenoxy) is 2. The van der Waals surface area contributed by atoms with Crippen molar-refractivity contribution in [3.63, 3.8) is 0 Å². The van der Waals surface area contributed by atoms with Crippen LogP contribution in [0, 0.1) is 0 Å². The Hall–Kier alpha value is -1.37. The summed E-state index contributed by atoms with van der Waals surface area (Å²) in [6, 6.07) is 6.30. The van der Waals surface area contributed by atoms with Gasteiger partial charge in [0.05, 0.1) is 14.2 Å². The van der Waals surface area contributed by atoms with Gasteiger partial charge in [-0.3, -0.25) is 4.90 Å². The van der Waals surface area contributed by atoms with E-state index in [9.17, 15) is 0 Å². The topological polar surface area (TPSA) is 47.5 Å². The monoisotopic (exact) mass is 339 g/mol. The van der Waals surface area contributed by atoms with E-state index in [-0.39, 0.29) is 0 Å². The smallest absolute Gasteiger partial charge is 0.138 e. The first-order valence-corrected chi connectivity index (χ1v) is 8.30. The summed E-state index contributed by atoms with van der Waals surface area (Å²) in [6.45, 7) is 1.74. The van der Waals surface area contributed by atoms with E-state index in [4.69, 9.17) is 21.1 Å². The van der Waals surface area contributed by atoms with E-state index in [2.05, 4.69) is 20.6 Å². The average molecular weight is 340 g/mol. The van der Waals surface area contributed by atoms with Gasteiger partial charge >= 0.3 is 0 Å². The third-order valence-corrected chi connectivity index (χ3v) is 5.01. The van der Waals surface area contributed by atoms with Gasteiger partial charge in [0.15, 0.2) is 0 Å². The Kier molecular flexibility index (Phi) is 4.81. The van der Waals surface area contributed by atoms with Gasteiger partial charge < -0.3 is 9.47 Å². The van der Waals surface area contributed by atoms with Crippen molar-refractivity contribution in [2.45, 2.75) is 25.4 Å². The Morgan fingerprint density at radius 2 is 2.23 bits per heavy atom. The molecule has 1 aliphatic rings. The summed E-state index contributed by atoms with van der Waals surface area (Å²) in [6.07, 6.45) is 2.24. The first-order valence-electron chi connectivity index (χ1n) is 7.15. The molecule has 7 heteroatoms. The highest BCUT2D eigenvalue weighted by atomic mass is 35.5. The highest BCUT2D eigenvalue weighted by Gasteiger charge is 2.29. The van der Waals surface area contributed by atoms with Crippen molar-refractivity contribution in [1.82, 2.24) is 14.5 Å². The van der Waals surface area contributed by atoms with Crippen molar-refractivity contribution < 1.29 is 9.47 Å². The van der Waals surface area contributed by atoms with Crippen molar-refractivity contribution in [3.05, 3.63) is 33.8 Å². The predicted octanol–water partition coefficient (Wildman–Crippen LogP) is 3.55. The summed E-state index contributed by atoms with van der Waals surface area (Å²) in [7, 11) is 3.35. The maximum Gasteiger partial charge on any atom is 0.138 e. The lowest BCUT2D eigenvalue weighted by atomic mass is 10.0. The highest BCUT2D eigenvalue weighted by molar-refractivity contribution is 7.10. The van der Waals surface area contributed by atoms with Crippen LogP contribution in [0.5, 0.6) is 11.5 Å². The van der Waals surface area contributed by atoms with E-state index >= 15 is 0 Å². The molecule has 1 aliphatic heterocycles. The molecule has 0 spiro atoms. The second kappa shape index (κ2) is 6.81. The molecule has 22 heavy (non-hydrogen) atoms. The van der Waals surface area contributed by atoms with Crippen LogP contribution in [0.2, 0.25) is 4.34 Å². The molecular weight excluding hydrogens is 322 g/mol. The van der Waals surface area contributed by atoms with E-state index in [0.29, 0.717) is 10.4 Å². The standard InChI is InChI=1S/C15H18ClN3O2S/c1-20-10-5-6-11(14(8-10)21-2)13-4-3-7-19(13)9-12-15(16)22-18-17-12/h5-6,8,13H,3-4,7,9H2,1-2H3. The molecule has 0 N–H and O–H groups in total. The fourth-order valence-corrected chi connectivity index (χ4v) is 3.56. The van der Waals surface area contributed by atoms with Crippen LogP contribution in [0.25, 0.3) is 0 Å². The number of halogens is 1. The van der Waals surface area contributed by atoms with Gasteiger partial charge in [0.2, 0.25) is 0 Å². The molecular formula is C15H18ClN3O2S. The summed E-state index contributed by atoms with van der Waals surface area (Å²) >= 11 is 7.37. The van der Waals surface area contributed by atoms with E-state index < -0.39 is 0 Å². The number of nitrogens with zero attached hydrogens (tertiary/aromatic N) is 3. The van der Waals surface area contributed by atoms with E-state index in [1.165, 1.54) is 17.1 Å². The Labute approximate surface area is 139 Å². The third-order valence-electron chi connectivity index (χ3n) is 4.03. The van der Waals surface area contributed by atoms with E-state index in [1.54, 1.807) is 14.2 Å². The number of methoxy groups -OCH3 is 2. The molecule has 1 fully saturated rings. The largest absolute Gasteiger partial charge is 0.497 e. The molecule has 1 unspecified atom stereocenters. The molecule has 0 bridgehead atoms. The number of aromatic nitrogens is 2. The number of rotatable bonds is 5. The van der Waals surface area contributed by atoms with Crippen LogP contribution < -0.4 is 9.47 Å². The van der Waals surface area contributed by atoms with Crippen molar-refractivity contribution in [2.75, 3.05) is 20.8 Å². The molecule has 0 amide bonds. The zero-order valence-corrected chi connectivity index (χ0v) is 14.2. The zero-order chi connectivity index (χ0) is 15.5. The molecule has 2 aromatic rings.